The number of pyridine rings is 1. The fourth-order valence-electron chi connectivity index (χ4n) is 2.32. The average molecular weight is 336 g/mol. The van der Waals surface area contributed by atoms with Gasteiger partial charge in [-0.25, -0.2) is 9.97 Å². The molecule has 24 heavy (non-hydrogen) atoms. The zero-order valence-corrected chi connectivity index (χ0v) is 13.3. The van der Waals surface area contributed by atoms with Crippen molar-refractivity contribution in [1.82, 2.24) is 20.4 Å². The van der Waals surface area contributed by atoms with Crippen molar-refractivity contribution < 1.29 is 9.32 Å². The first-order valence-electron chi connectivity index (χ1n) is 7.30. The van der Waals surface area contributed by atoms with Crippen molar-refractivity contribution in [2.75, 3.05) is 0 Å². The lowest BCUT2D eigenvalue weighted by Crippen LogP contribution is -2.22. The lowest BCUT2D eigenvalue weighted by molar-refractivity contribution is 0.0916. The second-order valence-electron chi connectivity index (χ2n) is 5.06. The first-order chi connectivity index (χ1) is 11.8. The van der Waals surface area contributed by atoms with Crippen LogP contribution in [0.15, 0.2) is 58.6 Å². The van der Waals surface area contributed by atoms with Crippen LogP contribution in [0.5, 0.6) is 0 Å². The van der Waals surface area contributed by atoms with Gasteiger partial charge in [0, 0.05) is 17.1 Å². The summed E-state index contributed by atoms with van der Waals surface area (Å²) in [6, 6.07) is 13.4. The molecule has 0 aliphatic heterocycles. The highest BCUT2D eigenvalue weighted by atomic mass is 32.1. The molecule has 0 aliphatic rings. The Bertz CT molecular complexity index is 994. The topological polar surface area (TPSA) is 80.9 Å². The molecule has 0 unspecified atom stereocenters. The number of carbonyl (C=O) groups is 1. The highest BCUT2D eigenvalue weighted by Crippen LogP contribution is 2.21. The Morgan fingerprint density at radius 1 is 1.17 bits per heavy atom. The van der Waals surface area contributed by atoms with Crippen molar-refractivity contribution >= 4 is 28.3 Å². The largest absolute Gasteiger partial charge is 0.348 e. The van der Waals surface area contributed by atoms with E-state index in [4.69, 9.17) is 4.52 Å². The van der Waals surface area contributed by atoms with Crippen LogP contribution in [0.1, 0.15) is 15.6 Å². The molecule has 1 N–H and O–H groups in total. The van der Waals surface area contributed by atoms with E-state index in [0.29, 0.717) is 17.6 Å². The van der Waals surface area contributed by atoms with Crippen LogP contribution in [0.25, 0.3) is 22.3 Å². The van der Waals surface area contributed by atoms with E-state index in [-0.39, 0.29) is 11.7 Å². The van der Waals surface area contributed by atoms with Crippen LogP contribution >= 0.6 is 11.3 Å². The van der Waals surface area contributed by atoms with E-state index >= 15 is 0 Å². The molecular formula is C17H12N4O2S. The summed E-state index contributed by atoms with van der Waals surface area (Å²) in [6.07, 6.45) is 1.60. The van der Waals surface area contributed by atoms with Gasteiger partial charge in [0.1, 0.15) is 5.01 Å². The molecule has 0 saturated heterocycles. The Kier molecular flexibility index (Phi) is 3.76. The fraction of sp³-hybridized carbons (Fsp3) is 0.0588. The van der Waals surface area contributed by atoms with Crippen LogP contribution in [-0.2, 0) is 6.54 Å². The van der Waals surface area contributed by atoms with Crippen molar-refractivity contribution in [2.24, 2.45) is 0 Å². The Morgan fingerprint density at radius 2 is 2.04 bits per heavy atom. The minimum atomic E-state index is -0.332. The second kappa shape index (κ2) is 6.21. The lowest BCUT2D eigenvalue weighted by Gasteiger charge is -2.00. The summed E-state index contributed by atoms with van der Waals surface area (Å²) >= 11 is 1.50. The van der Waals surface area contributed by atoms with Crippen molar-refractivity contribution in [3.05, 3.63) is 64.8 Å². The summed E-state index contributed by atoms with van der Waals surface area (Å²) in [6.45, 7) is 0.332. The van der Waals surface area contributed by atoms with Gasteiger partial charge < -0.3 is 9.84 Å². The van der Waals surface area contributed by atoms with Gasteiger partial charge in [0.05, 0.1) is 17.6 Å². The number of amides is 1. The summed E-state index contributed by atoms with van der Waals surface area (Å²) in [4.78, 5) is 20.9. The first kappa shape index (κ1) is 14.5. The predicted molar refractivity (Wildman–Crippen MR) is 90.5 cm³/mol. The molecule has 4 aromatic rings. The van der Waals surface area contributed by atoms with Gasteiger partial charge in [0.15, 0.2) is 0 Å². The van der Waals surface area contributed by atoms with E-state index in [0.717, 1.165) is 16.3 Å². The molecule has 0 bridgehead atoms. The van der Waals surface area contributed by atoms with Crippen molar-refractivity contribution in [3.63, 3.8) is 0 Å². The van der Waals surface area contributed by atoms with Crippen LogP contribution in [0.4, 0.5) is 0 Å². The summed E-state index contributed by atoms with van der Waals surface area (Å²) in [7, 11) is 0. The Hall–Kier alpha value is -3.06. The first-order valence-corrected chi connectivity index (χ1v) is 8.17. The lowest BCUT2D eigenvalue weighted by atomic mass is 10.2. The summed E-state index contributed by atoms with van der Waals surface area (Å²) in [5.74, 6) is -0.167. The average Bonchev–Trinajstić information content (AvgIpc) is 3.27. The summed E-state index contributed by atoms with van der Waals surface area (Å²) in [5.41, 5.74) is 2.38. The molecule has 0 radical (unpaired) electrons. The molecule has 1 aromatic carbocycles. The SMILES string of the molecule is O=C(NCc1nc(-c2ccccc2)cs1)c1onc2ncccc12. The number of hydrogen-bond donors (Lipinski definition) is 1. The van der Waals surface area contributed by atoms with Gasteiger partial charge in [-0.05, 0) is 12.1 Å². The summed E-state index contributed by atoms with van der Waals surface area (Å²) < 4.78 is 5.10. The normalized spacial score (nSPS) is 10.8. The third kappa shape index (κ3) is 2.77. The maximum Gasteiger partial charge on any atom is 0.290 e. The minimum absolute atomic E-state index is 0.165. The number of rotatable bonds is 4. The van der Waals surface area contributed by atoms with Gasteiger partial charge in [0.25, 0.3) is 5.91 Å². The predicted octanol–water partition coefficient (Wildman–Crippen LogP) is 3.28. The van der Waals surface area contributed by atoms with E-state index in [1.165, 1.54) is 11.3 Å². The van der Waals surface area contributed by atoms with Crippen LogP contribution in [0.2, 0.25) is 0 Å². The fourth-order valence-corrected chi connectivity index (χ4v) is 3.06. The molecule has 0 fully saturated rings. The van der Waals surface area contributed by atoms with Crippen molar-refractivity contribution in [3.8, 4) is 11.3 Å². The van der Waals surface area contributed by atoms with Gasteiger partial charge >= 0.3 is 0 Å². The maximum absolute atomic E-state index is 12.3. The number of aromatic nitrogens is 3. The molecule has 3 heterocycles. The molecule has 0 aliphatic carbocycles. The number of nitrogens with one attached hydrogen (secondary N) is 1. The minimum Gasteiger partial charge on any atom is -0.348 e. The second-order valence-corrected chi connectivity index (χ2v) is 6.00. The summed E-state index contributed by atoms with van der Waals surface area (Å²) in [5, 5.41) is 9.98. The molecule has 3 aromatic heterocycles. The Balaban J connectivity index is 1.47. The van der Waals surface area contributed by atoms with E-state index in [1.807, 2.05) is 35.7 Å². The zero-order chi connectivity index (χ0) is 16.4. The Morgan fingerprint density at radius 3 is 2.92 bits per heavy atom. The van der Waals surface area contributed by atoms with Crippen LogP contribution in [0.3, 0.4) is 0 Å². The van der Waals surface area contributed by atoms with E-state index in [9.17, 15) is 4.79 Å². The number of benzene rings is 1. The van der Waals surface area contributed by atoms with E-state index in [2.05, 4.69) is 20.4 Å². The quantitative estimate of drug-likeness (QED) is 0.618. The number of thiazole rings is 1. The molecular weight excluding hydrogens is 324 g/mol. The van der Waals surface area contributed by atoms with Crippen LogP contribution < -0.4 is 5.32 Å². The van der Waals surface area contributed by atoms with Crippen LogP contribution in [0, 0.1) is 0 Å². The van der Waals surface area contributed by atoms with Crippen molar-refractivity contribution in [2.45, 2.75) is 6.54 Å². The molecule has 6 nitrogen and oxygen atoms in total. The van der Waals surface area contributed by atoms with E-state index in [1.54, 1.807) is 18.3 Å². The molecule has 0 atom stereocenters. The van der Waals surface area contributed by atoms with Crippen molar-refractivity contribution in [1.29, 1.82) is 0 Å². The molecule has 118 valence electrons. The van der Waals surface area contributed by atoms with Gasteiger partial charge in [-0.3, -0.25) is 4.79 Å². The monoisotopic (exact) mass is 336 g/mol. The molecule has 0 spiro atoms. The maximum atomic E-state index is 12.3. The number of fused-ring (bicyclic) bond motifs is 1. The Labute approximate surface area is 141 Å². The number of carbonyl (C=O) groups excluding carboxylic acids is 1. The number of nitrogens with zero attached hydrogens (tertiary/aromatic N) is 3. The molecule has 7 heteroatoms. The van der Waals surface area contributed by atoms with Gasteiger partial charge in [-0.15, -0.1) is 11.3 Å². The van der Waals surface area contributed by atoms with Gasteiger partial charge in [-0.1, -0.05) is 35.5 Å². The molecule has 1 amide bonds. The standard InChI is InChI=1S/C17H12N4O2S/c22-17(15-12-7-4-8-18-16(12)21-23-15)19-9-14-20-13(10-24-14)11-5-2-1-3-6-11/h1-8,10H,9H2,(H,19,22). The smallest absolute Gasteiger partial charge is 0.290 e. The highest BCUT2D eigenvalue weighted by Gasteiger charge is 2.17. The van der Waals surface area contributed by atoms with Crippen LogP contribution in [-0.4, -0.2) is 21.0 Å². The third-order valence-corrected chi connectivity index (χ3v) is 4.33. The van der Waals surface area contributed by atoms with Gasteiger partial charge in [-0.2, -0.15) is 0 Å². The number of hydrogen-bond acceptors (Lipinski definition) is 6. The molecule has 0 saturated carbocycles. The van der Waals surface area contributed by atoms with E-state index < -0.39 is 0 Å². The molecule has 4 rings (SSSR count). The third-order valence-electron chi connectivity index (χ3n) is 3.48. The zero-order valence-electron chi connectivity index (χ0n) is 12.5. The van der Waals surface area contributed by atoms with Gasteiger partial charge in [0.2, 0.25) is 11.4 Å². The highest BCUT2D eigenvalue weighted by molar-refractivity contribution is 7.09.